The first-order valence-corrected chi connectivity index (χ1v) is 5.00. The molecular formula is C10H12N4O2. The van der Waals surface area contributed by atoms with Gasteiger partial charge < -0.3 is 10.1 Å². The van der Waals surface area contributed by atoms with Crippen LogP contribution in [0.1, 0.15) is 6.92 Å². The maximum absolute atomic E-state index is 11.1. The van der Waals surface area contributed by atoms with E-state index >= 15 is 0 Å². The number of hydrogen-bond donors (Lipinski definition) is 1. The van der Waals surface area contributed by atoms with Crippen LogP contribution in [-0.2, 0) is 11.4 Å². The van der Waals surface area contributed by atoms with Gasteiger partial charge in [-0.3, -0.25) is 0 Å². The molecule has 0 aliphatic heterocycles. The van der Waals surface area contributed by atoms with Crippen molar-refractivity contribution in [3.05, 3.63) is 24.3 Å². The third-order valence-electron chi connectivity index (χ3n) is 2.07. The number of amides is 1. The number of nitrogens with zero attached hydrogens (tertiary/aromatic N) is 3. The minimum absolute atomic E-state index is 0.249. The van der Waals surface area contributed by atoms with Crippen LogP contribution < -0.4 is 5.32 Å². The van der Waals surface area contributed by atoms with E-state index in [-0.39, 0.29) is 6.67 Å². The Balaban J connectivity index is 2.07. The SMILES string of the molecule is CCOC(=O)NCn1nnc2ccccc21. The summed E-state index contributed by atoms with van der Waals surface area (Å²) in [4.78, 5) is 11.1. The molecule has 16 heavy (non-hydrogen) atoms. The highest BCUT2D eigenvalue weighted by molar-refractivity contribution is 5.74. The molecule has 84 valence electrons. The normalized spacial score (nSPS) is 10.3. The summed E-state index contributed by atoms with van der Waals surface area (Å²) >= 11 is 0. The van der Waals surface area contributed by atoms with Crippen molar-refractivity contribution in [2.75, 3.05) is 6.61 Å². The summed E-state index contributed by atoms with van der Waals surface area (Å²) in [7, 11) is 0. The van der Waals surface area contributed by atoms with Gasteiger partial charge in [0.1, 0.15) is 12.2 Å². The highest BCUT2D eigenvalue weighted by atomic mass is 16.5. The van der Waals surface area contributed by atoms with Crippen molar-refractivity contribution >= 4 is 17.1 Å². The van der Waals surface area contributed by atoms with Crippen molar-refractivity contribution in [3.8, 4) is 0 Å². The molecule has 1 heterocycles. The molecule has 1 aromatic carbocycles. The lowest BCUT2D eigenvalue weighted by Gasteiger charge is -2.05. The Morgan fingerprint density at radius 1 is 1.50 bits per heavy atom. The summed E-state index contributed by atoms with van der Waals surface area (Å²) in [5.41, 5.74) is 1.67. The number of nitrogens with one attached hydrogen (secondary N) is 1. The second kappa shape index (κ2) is 4.61. The van der Waals surface area contributed by atoms with E-state index in [9.17, 15) is 4.79 Å². The van der Waals surface area contributed by atoms with Crippen LogP contribution in [0.5, 0.6) is 0 Å². The number of benzene rings is 1. The van der Waals surface area contributed by atoms with Crippen molar-refractivity contribution < 1.29 is 9.53 Å². The van der Waals surface area contributed by atoms with Crippen LogP contribution in [0.2, 0.25) is 0 Å². The smallest absolute Gasteiger partial charge is 0.408 e. The van der Waals surface area contributed by atoms with Crippen LogP contribution in [0.25, 0.3) is 11.0 Å². The molecule has 2 rings (SSSR count). The summed E-state index contributed by atoms with van der Waals surface area (Å²) in [6, 6.07) is 7.54. The van der Waals surface area contributed by atoms with E-state index in [1.165, 1.54) is 0 Å². The van der Waals surface area contributed by atoms with Gasteiger partial charge in [-0.1, -0.05) is 17.3 Å². The molecule has 6 nitrogen and oxygen atoms in total. The number of ether oxygens (including phenoxy) is 1. The maximum Gasteiger partial charge on any atom is 0.408 e. The number of carbonyl (C=O) groups is 1. The molecule has 0 spiro atoms. The fourth-order valence-electron chi connectivity index (χ4n) is 1.36. The Labute approximate surface area is 92.2 Å². The highest BCUT2D eigenvalue weighted by Crippen LogP contribution is 2.08. The summed E-state index contributed by atoms with van der Waals surface area (Å²) in [5, 5.41) is 10.5. The van der Waals surface area contributed by atoms with Crippen LogP contribution in [-0.4, -0.2) is 27.7 Å². The molecule has 0 aliphatic carbocycles. The lowest BCUT2D eigenvalue weighted by molar-refractivity contribution is 0.149. The summed E-state index contributed by atoms with van der Waals surface area (Å²) in [5.74, 6) is 0. The van der Waals surface area contributed by atoms with Gasteiger partial charge in [-0.05, 0) is 19.1 Å². The largest absolute Gasteiger partial charge is 0.450 e. The van der Waals surface area contributed by atoms with Crippen molar-refractivity contribution in [1.29, 1.82) is 0 Å². The predicted molar refractivity (Wildman–Crippen MR) is 57.7 cm³/mol. The number of aromatic nitrogens is 3. The highest BCUT2D eigenvalue weighted by Gasteiger charge is 2.04. The van der Waals surface area contributed by atoms with Gasteiger partial charge in [0.2, 0.25) is 0 Å². The van der Waals surface area contributed by atoms with Gasteiger partial charge in [-0.2, -0.15) is 0 Å². The molecule has 0 bridgehead atoms. The first-order chi connectivity index (χ1) is 7.81. The van der Waals surface area contributed by atoms with E-state index in [1.54, 1.807) is 11.6 Å². The minimum Gasteiger partial charge on any atom is -0.450 e. The molecular weight excluding hydrogens is 208 g/mol. The predicted octanol–water partition coefficient (Wildman–Crippen LogP) is 1.13. The minimum atomic E-state index is -0.456. The molecule has 0 aliphatic rings. The first kappa shape index (κ1) is 10.4. The van der Waals surface area contributed by atoms with Crippen molar-refractivity contribution in [1.82, 2.24) is 20.3 Å². The van der Waals surface area contributed by atoms with Crippen LogP contribution in [0.15, 0.2) is 24.3 Å². The summed E-state index contributed by atoms with van der Waals surface area (Å²) in [6.07, 6.45) is -0.456. The van der Waals surface area contributed by atoms with E-state index in [0.29, 0.717) is 6.61 Å². The first-order valence-electron chi connectivity index (χ1n) is 5.00. The Morgan fingerprint density at radius 3 is 3.12 bits per heavy atom. The summed E-state index contributed by atoms with van der Waals surface area (Å²) in [6.45, 7) is 2.35. The lowest BCUT2D eigenvalue weighted by atomic mass is 10.3. The number of alkyl carbamates (subject to hydrolysis) is 1. The lowest BCUT2D eigenvalue weighted by Crippen LogP contribution is -2.27. The average Bonchev–Trinajstić information content (AvgIpc) is 2.70. The fourth-order valence-corrected chi connectivity index (χ4v) is 1.36. The zero-order valence-electron chi connectivity index (χ0n) is 8.88. The standard InChI is InChI=1S/C10H12N4O2/c1-2-16-10(15)11-7-14-9-6-4-3-5-8(9)12-13-14/h3-6H,2,7H2,1H3,(H,11,15). The van der Waals surface area contributed by atoms with E-state index < -0.39 is 6.09 Å². The number of para-hydroxylation sites is 1. The van der Waals surface area contributed by atoms with E-state index in [4.69, 9.17) is 4.74 Å². The Morgan fingerprint density at radius 2 is 2.31 bits per heavy atom. The van der Waals surface area contributed by atoms with Crippen LogP contribution in [0, 0.1) is 0 Å². The van der Waals surface area contributed by atoms with E-state index in [0.717, 1.165) is 11.0 Å². The number of carbonyl (C=O) groups excluding carboxylic acids is 1. The molecule has 1 amide bonds. The zero-order valence-corrected chi connectivity index (χ0v) is 8.88. The number of hydrogen-bond acceptors (Lipinski definition) is 4. The third-order valence-corrected chi connectivity index (χ3v) is 2.07. The molecule has 0 unspecified atom stereocenters. The van der Waals surface area contributed by atoms with Crippen LogP contribution in [0.4, 0.5) is 4.79 Å². The number of fused-ring (bicyclic) bond motifs is 1. The summed E-state index contributed by atoms with van der Waals surface area (Å²) < 4.78 is 6.34. The van der Waals surface area contributed by atoms with E-state index in [1.807, 2.05) is 24.3 Å². The topological polar surface area (TPSA) is 69.0 Å². The van der Waals surface area contributed by atoms with E-state index in [2.05, 4.69) is 15.6 Å². The molecule has 0 atom stereocenters. The van der Waals surface area contributed by atoms with Crippen molar-refractivity contribution in [3.63, 3.8) is 0 Å². The molecule has 0 radical (unpaired) electrons. The Kier molecular flexibility index (Phi) is 3.00. The molecule has 0 fully saturated rings. The van der Waals surface area contributed by atoms with Gasteiger partial charge in [-0.15, -0.1) is 5.10 Å². The van der Waals surface area contributed by atoms with Gasteiger partial charge in [0.05, 0.1) is 12.1 Å². The van der Waals surface area contributed by atoms with Crippen LogP contribution in [0.3, 0.4) is 0 Å². The monoisotopic (exact) mass is 220 g/mol. The molecule has 2 aromatic rings. The third kappa shape index (κ3) is 2.10. The zero-order chi connectivity index (χ0) is 11.4. The molecule has 0 saturated carbocycles. The Bertz CT molecular complexity index is 494. The van der Waals surface area contributed by atoms with Crippen molar-refractivity contribution in [2.24, 2.45) is 0 Å². The Hall–Kier alpha value is -2.11. The van der Waals surface area contributed by atoms with Gasteiger partial charge >= 0.3 is 6.09 Å². The molecule has 1 N–H and O–H groups in total. The molecule has 6 heteroatoms. The van der Waals surface area contributed by atoms with Gasteiger partial charge in [0.25, 0.3) is 0 Å². The van der Waals surface area contributed by atoms with Crippen LogP contribution >= 0.6 is 0 Å². The second-order valence-electron chi connectivity index (χ2n) is 3.13. The van der Waals surface area contributed by atoms with Gasteiger partial charge in [0.15, 0.2) is 0 Å². The second-order valence-corrected chi connectivity index (χ2v) is 3.13. The number of rotatable bonds is 3. The molecule has 1 aromatic heterocycles. The van der Waals surface area contributed by atoms with Gasteiger partial charge in [-0.25, -0.2) is 9.48 Å². The van der Waals surface area contributed by atoms with Gasteiger partial charge in [0, 0.05) is 0 Å². The average molecular weight is 220 g/mol. The fraction of sp³-hybridized carbons (Fsp3) is 0.300. The quantitative estimate of drug-likeness (QED) is 0.842. The molecule has 0 saturated heterocycles. The maximum atomic E-state index is 11.1. The van der Waals surface area contributed by atoms with Crippen molar-refractivity contribution in [2.45, 2.75) is 13.6 Å².